The summed E-state index contributed by atoms with van der Waals surface area (Å²) in [6, 6.07) is 4.16. The monoisotopic (exact) mass is 331 g/mol. The highest BCUT2D eigenvalue weighted by Gasteiger charge is 2.18. The lowest BCUT2D eigenvalue weighted by atomic mass is 10.00. The Labute approximate surface area is 141 Å². The summed E-state index contributed by atoms with van der Waals surface area (Å²) >= 11 is 6.48. The molecule has 0 aliphatic carbocycles. The third-order valence-corrected chi connectivity index (χ3v) is 4.44. The molecule has 0 atom stereocenters. The number of halogens is 1. The molecule has 1 aromatic carbocycles. The fourth-order valence-electron chi connectivity index (χ4n) is 2.91. The highest BCUT2D eigenvalue weighted by atomic mass is 35.5. The van der Waals surface area contributed by atoms with Crippen LogP contribution in [0.4, 0.5) is 11.6 Å². The van der Waals surface area contributed by atoms with Crippen molar-refractivity contribution in [2.24, 2.45) is 0 Å². The van der Waals surface area contributed by atoms with Gasteiger partial charge in [-0.1, -0.05) is 11.6 Å². The van der Waals surface area contributed by atoms with Crippen LogP contribution in [0.1, 0.15) is 17.5 Å². The summed E-state index contributed by atoms with van der Waals surface area (Å²) in [6.45, 7) is 1.88. The second kappa shape index (κ2) is 6.72. The molecule has 0 saturated heterocycles. The van der Waals surface area contributed by atoms with Gasteiger partial charge in [-0.3, -0.25) is 0 Å². The predicted octanol–water partition coefficient (Wildman–Crippen LogP) is 2.84. The SMILES string of the molecule is CN(C)CCCc1cc2c(cc1Cl)NCCc1cnc(N)nc1-2. The maximum atomic E-state index is 6.48. The molecule has 2 heterocycles. The molecule has 1 aliphatic heterocycles. The van der Waals surface area contributed by atoms with Gasteiger partial charge in [0.25, 0.3) is 0 Å². The Hall–Kier alpha value is -1.85. The summed E-state index contributed by atoms with van der Waals surface area (Å²) in [5.41, 5.74) is 11.1. The van der Waals surface area contributed by atoms with Crippen molar-refractivity contribution in [3.63, 3.8) is 0 Å². The van der Waals surface area contributed by atoms with Gasteiger partial charge in [-0.25, -0.2) is 9.97 Å². The van der Waals surface area contributed by atoms with E-state index in [2.05, 4.69) is 40.3 Å². The van der Waals surface area contributed by atoms with Crippen molar-refractivity contribution in [1.82, 2.24) is 14.9 Å². The van der Waals surface area contributed by atoms with E-state index in [1.165, 1.54) is 0 Å². The zero-order valence-corrected chi connectivity index (χ0v) is 14.3. The van der Waals surface area contributed by atoms with Crippen LogP contribution in [0.25, 0.3) is 11.3 Å². The molecule has 0 spiro atoms. The minimum absolute atomic E-state index is 0.306. The van der Waals surface area contributed by atoms with Crippen LogP contribution in [-0.2, 0) is 12.8 Å². The van der Waals surface area contributed by atoms with Crippen molar-refractivity contribution in [2.75, 3.05) is 38.2 Å². The first kappa shape index (κ1) is 16.0. The van der Waals surface area contributed by atoms with Crippen LogP contribution < -0.4 is 11.1 Å². The first-order valence-corrected chi connectivity index (χ1v) is 8.25. The number of hydrogen-bond donors (Lipinski definition) is 2. The van der Waals surface area contributed by atoms with Gasteiger partial charge >= 0.3 is 0 Å². The molecule has 1 aromatic heterocycles. The molecule has 0 amide bonds. The van der Waals surface area contributed by atoms with Gasteiger partial charge in [0, 0.05) is 29.0 Å². The van der Waals surface area contributed by atoms with E-state index >= 15 is 0 Å². The fraction of sp³-hybridized carbons (Fsp3) is 0.412. The number of rotatable bonds is 4. The van der Waals surface area contributed by atoms with E-state index in [4.69, 9.17) is 17.3 Å². The van der Waals surface area contributed by atoms with E-state index in [9.17, 15) is 0 Å². The molecule has 6 heteroatoms. The van der Waals surface area contributed by atoms with Crippen molar-refractivity contribution in [1.29, 1.82) is 0 Å². The third-order valence-electron chi connectivity index (χ3n) is 4.09. The number of anilines is 2. The van der Waals surface area contributed by atoms with E-state index < -0.39 is 0 Å². The molecule has 23 heavy (non-hydrogen) atoms. The number of hydrogen-bond acceptors (Lipinski definition) is 5. The summed E-state index contributed by atoms with van der Waals surface area (Å²) in [4.78, 5) is 10.8. The van der Waals surface area contributed by atoms with Crippen molar-refractivity contribution in [3.05, 3.63) is 34.5 Å². The number of nitrogens with zero attached hydrogens (tertiary/aromatic N) is 3. The quantitative estimate of drug-likeness (QED) is 0.901. The highest BCUT2D eigenvalue weighted by Crippen LogP contribution is 2.36. The Bertz CT molecular complexity index is 714. The Kier molecular flexibility index (Phi) is 4.68. The Morgan fingerprint density at radius 2 is 2.17 bits per heavy atom. The average molecular weight is 332 g/mol. The highest BCUT2D eigenvalue weighted by molar-refractivity contribution is 6.31. The molecule has 0 bridgehead atoms. The lowest BCUT2D eigenvalue weighted by Gasteiger charge is -2.14. The van der Waals surface area contributed by atoms with Crippen LogP contribution in [0.5, 0.6) is 0 Å². The van der Waals surface area contributed by atoms with Gasteiger partial charge in [0.1, 0.15) is 0 Å². The summed E-state index contributed by atoms with van der Waals surface area (Å²) in [5, 5.41) is 4.24. The molecule has 0 saturated carbocycles. The molecular formula is C17H22ClN5. The van der Waals surface area contributed by atoms with Crippen LogP contribution in [0.2, 0.25) is 5.02 Å². The largest absolute Gasteiger partial charge is 0.384 e. The van der Waals surface area contributed by atoms with E-state index in [-0.39, 0.29) is 0 Å². The number of aryl methyl sites for hydroxylation is 1. The minimum atomic E-state index is 0.306. The standard InChI is InChI=1S/C17H22ClN5/c1-23(2)7-3-4-11-8-13-15(9-14(11)18)20-6-5-12-10-21-17(19)22-16(12)13/h8-10,20H,3-7H2,1-2H3,(H2,19,21,22). The molecule has 3 N–H and O–H groups in total. The molecule has 2 aromatic rings. The predicted molar refractivity (Wildman–Crippen MR) is 96.0 cm³/mol. The number of benzene rings is 1. The van der Waals surface area contributed by atoms with Crippen LogP contribution in [0, 0.1) is 0 Å². The number of aromatic nitrogens is 2. The number of nitrogens with two attached hydrogens (primary N) is 1. The van der Waals surface area contributed by atoms with Gasteiger partial charge in [-0.15, -0.1) is 0 Å². The average Bonchev–Trinajstić information content (AvgIpc) is 2.66. The van der Waals surface area contributed by atoms with Crippen LogP contribution in [0.3, 0.4) is 0 Å². The van der Waals surface area contributed by atoms with Crippen molar-refractivity contribution < 1.29 is 0 Å². The first-order valence-electron chi connectivity index (χ1n) is 7.87. The molecule has 0 fully saturated rings. The van der Waals surface area contributed by atoms with Crippen LogP contribution in [-0.4, -0.2) is 42.1 Å². The zero-order chi connectivity index (χ0) is 16.4. The third kappa shape index (κ3) is 3.57. The van der Waals surface area contributed by atoms with Crippen molar-refractivity contribution in [3.8, 4) is 11.3 Å². The van der Waals surface area contributed by atoms with Crippen molar-refractivity contribution >= 4 is 23.2 Å². The maximum absolute atomic E-state index is 6.48. The van der Waals surface area contributed by atoms with Gasteiger partial charge in [0.15, 0.2) is 0 Å². The van der Waals surface area contributed by atoms with E-state index in [1.54, 1.807) is 0 Å². The van der Waals surface area contributed by atoms with Gasteiger partial charge in [0.2, 0.25) is 5.95 Å². The topological polar surface area (TPSA) is 67.1 Å². The number of nitrogen functional groups attached to an aromatic ring is 1. The molecule has 1 aliphatic rings. The second-order valence-electron chi connectivity index (χ2n) is 6.17. The number of fused-ring (bicyclic) bond motifs is 3. The van der Waals surface area contributed by atoms with E-state index in [0.717, 1.165) is 65.4 Å². The second-order valence-corrected chi connectivity index (χ2v) is 6.58. The molecular weight excluding hydrogens is 310 g/mol. The zero-order valence-electron chi connectivity index (χ0n) is 13.6. The lowest BCUT2D eigenvalue weighted by molar-refractivity contribution is 0.400. The Morgan fingerprint density at radius 3 is 2.96 bits per heavy atom. The molecule has 122 valence electrons. The summed E-state index contributed by atoms with van der Waals surface area (Å²) in [5.74, 6) is 0.306. The minimum Gasteiger partial charge on any atom is -0.384 e. The van der Waals surface area contributed by atoms with Gasteiger partial charge in [-0.2, -0.15) is 0 Å². The fourth-order valence-corrected chi connectivity index (χ4v) is 3.16. The summed E-state index contributed by atoms with van der Waals surface area (Å²) in [6.07, 6.45) is 4.71. The van der Waals surface area contributed by atoms with Gasteiger partial charge in [-0.05, 0) is 63.2 Å². The van der Waals surface area contributed by atoms with Crippen LogP contribution in [0.15, 0.2) is 18.3 Å². The molecule has 5 nitrogen and oxygen atoms in total. The molecule has 3 rings (SSSR count). The number of nitrogens with one attached hydrogen (secondary N) is 1. The molecule has 0 unspecified atom stereocenters. The maximum Gasteiger partial charge on any atom is 0.220 e. The summed E-state index contributed by atoms with van der Waals surface area (Å²) < 4.78 is 0. The smallest absolute Gasteiger partial charge is 0.220 e. The molecule has 0 radical (unpaired) electrons. The first-order chi connectivity index (χ1) is 11.0. The Morgan fingerprint density at radius 1 is 1.35 bits per heavy atom. The normalized spacial score (nSPS) is 13.2. The van der Waals surface area contributed by atoms with E-state index in [0.29, 0.717) is 5.95 Å². The van der Waals surface area contributed by atoms with Crippen molar-refractivity contribution in [2.45, 2.75) is 19.3 Å². The lowest BCUT2D eigenvalue weighted by Crippen LogP contribution is -2.13. The Balaban J connectivity index is 1.99. The van der Waals surface area contributed by atoms with Gasteiger partial charge in [0.05, 0.1) is 5.69 Å². The summed E-state index contributed by atoms with van der Waals surface area (Å²) in [7, 11) is 4.16. The van der Waals surface area contributed by atoms with Gasteiger partial charge < -0.3 is 16.0 Å². The van der Waals surface area contributed by atoms with E-state index in [1.807, 2.05) is 12.3 Å². The van der Waals surface area contributed by atoms with Crippen LogP contribution >= 0.6 is 11.6 Å².